The molecule has 2 amide bonds. The van der Waals surface area contributed by atoms with Gasteiger partial charge in [0.2, 0.25) is 11.8 Å². The maximum atomic E-state index is 13.0. The van der Waals surface area contributed by atoms with E-state index in [4.69, 9.17) is 0 Å². The molecule has 2 aliphatic heterocycles. The van der Waals surface area contributed by atoms with Gasteiger partial charge in [-0.15, -0.1) is 0 Å². The first kappa shape index (κ1) is 22.9. The van der Waals surface area contributed by atoms with Crippen LogP contribution in [0.4, 0.5) is 0 Å². The average molecular weight is 492 g/mol. The van der Waals surface area contributed by atoms with Gasteiger partial charge in [0.25, 0.3) is 0 Å². The molecular weight excluding hydrogens is 466 g/mol. The molecule has 6 rings (SSSR count). The van der Waals surface area contributed by atoms with E-state index >= 15 is 0 Å². The van der Waals surface area contributed by atoms with Crippen LogP contribution in [0.3, 0.4) is 0 Å². The zero-order chi connectivity index (χ0) is 25.6. The van der Waals surface area contributed by atoms with Crippen molar-refractivity contribution in [3.63, 3.8) is 0 Å². The average Bonchev–Trinajstić information content (AvgIpc) is 3.57. The van der Waals surface area contributed by atoms with Crippen molar-refractivity contribution in [2.45, 2.75) is 18.0 Å². The fourth-order valence-corrected chi connectivity index (χ4v) is 5.80. The molecule has 4 atom stereocenters. The Morgan fingerprint density at radius 2 is 1.54 bits per heavy atom. The van der Waals surface area contributed by atoms with Crippen LogP contribution in [0.25, 0.3) is 23.1 Å². The van der Waals surface area contributed by atoms with Gasteiger partial charge in [0, 0.05) is 29.6 Å². The number of hydrogen-bond acceptors (Lipinski definition) is 4. The van der Waals surface area contributed by atoms with E-state index in [-0.39, 0.29) is 6.42 Å². The van der Waals surface area contributed by atoms with Gasteiger partial charge < -0.3 is 10.1 Å². The molecule has 7 nitrogen and oxygen atoms in total. The highest BCUT2D eigenvalue weighted by Crippen LogP contribution is 2.48. The summed E-state index contributed by atoms with van der Waals surface area (Å²) in [6.07, 6.45) is 5.84. The van der Waals surface area contributed by atoms with Gasteiger partial charge in [-0.25, -0.2) is 0 Å². The molecule has 4 unspecified atom stereocenters. The van der Waals surface area contributed by atoms with Crippen LogP contribution in [0.1, 0.15) is 28.3 Å². The number of carboxylic acid groups (broad SMARTS) is 1. The summed E-state index contributed by atoms with van der Waals surface area (Å²) in [5.74, 6) is -3.99. The zero-order valence-corrected chi connectivity index (χ0v) is 19.8. The van der Waals surface area contributed by atoms with Crippen molar-refractivity contribution >= 4 is 40.8 Å². The van der Waals surface area contributed by atoms with Gasteiger partial charge in [0.05, 0.1) is 11.8 Å². The number of fused-ring (bicyclic) bond motifs is 2. The molecule has 184 valence electrons. The second-order valence-electron chi connectivity index (χ2n) is 9.70. The smallest absolute Gasteiger partial charge is 0.325 e. The monoisotopic (exact) mass is 491 g/mol. The van der Waals surface area contributed by atoms with E-state index in [1.165, 1.54) is 0 Å². The Morgan fingerprint density at radius 1 is 0.865 bits per heavy atom. The van der Waals surface area contributed by atoms with Crippen molar-refractivity contribution in [1.29, 1.82) is 0 Å². The number of aromatic amines is 1. The minimum atomic E-state index is -1.64. The Bertz CT molecular complexity index is 1540. The van der Waals surface area contributed by atoms with Gasteiger partial charge in [-0.1, -0.05) is 84.9 Å². The Balaban J connectivity index is 1.35. The van der Waals surface area contributed by atoms with E-state index in [9.17, 15) is 19.5 Å². The molecule has 2 fully saturated rings. The van der Waals surface area contributed by atoms with Crippen LogP contribution in [0.5, 0.6) is 0 Å². The predicted octanol–water partition coefficient (Wildman–Crippen LogP) is 3.94. The number of rotatable bonds is 6. The summed E-state index contributed by atoms with van der Waals surface area (Å²) in [7, 11) is 0. The number of aliphatic carboxylic acids is 1. The second-order valence-corrected chi connectivity index (χ2v) is 9.70. The van der Waals surface area contributed by atoms with E-state index in [0.29, 0.717) is 0 Å². The number of carbonyl (C=O) groups excluding carboxylic acids is 2. The molecule has 37 heavy (non-hydrogen) atoms. The largest absolute Gasteiger partial charge is 0.480 e. The molecule has 0 bridgehead atoms. The molecule has 3 heterocycles. The molecule has 1 aromatic heterocycles. The quantitative estimate of drug-likeness (QED) is 0.241. The number of amides is 2. The van der Waals surface area contributed by atoms with Crippen molar-refractivity contribution in [3.8, 4) is 0 Å². The number of benzene rings is 3. The zero-order valence-electron chi connectivity index (χ0n) is 19.8. The van der Waals surface area contributed by atoms with E-state index in [2.05, 4.69) is 15.6 Å². The predicted molar refractivity (Wildman–Crippen MR) is 140 cm³/mol. The maximum absolute atomic E-state index is 13.0. The minimum absolute atomic E-state index is 0.0581. The molecule has 3 aromatic carbocycles. The van der Waals surface area contributed by atoms with Gasteiger partial charge in [0.1, 0.15) is 5.54 Å². The fourth-order valence-electron chi connectivity index (χ4n) is 5.80. The third-order valence-electron chi connectivity index (χ3n) is 7.58. The maximum Gasteiger partial charge on any atom is 0.325 e. The number of H-pyrrole nitrogens is 1. The second kappa shape index (κ2) is 8.87. The van der Waals surface area contributed by atoms with Crippen molar-refractivity contribution in [3.05, 3.63) is 107 Å². The van der Waals surface area contributed by atoms with Gasteiger partial charge in [-0.2, -0.15) is 0 Å². The van der Waals surface area contributed by atoms with Crippen LogP contribution in [-0.4, -0.2) is 33.4 Å². The summed E-state index contributed by atoms with van der Waals surface area (Å²) in [5.41, 5.74) is 2.84. The molecule has 2 aliphatic rings. The van der Waals surface area contributed by atoms with E-state index in [0.717, 1.165) is 33.2 Å². The van der Waals surface area contributed by atoms with Gasteiger partial charge in [-0.05, 0) is 28.3 Å². The molecule has 4 N–H and O–H groups in total. The summed E-state index contributed by atoms with van der Waals surface area (Å²) in [4.78, 5) is 41.9. The van der Waals surface area contributed by atoms with E-state index in [1.54, 1.807) is 6.20 Å². The van der Waals surface area contributed by atoms with Crippen LogP contribution in [-0.2, 0) is 20.8 Å². The number of carbonyl (C=O) groups is 3. The molecule has 4 aromatic rings. The van der Waals surface area contributed by atoms with E-state index in [1.807, 2.05) is 91.0 Å². The van der Waals surface area contributed by atoms with Gasteiger partial charge >= 0.3 is 5.97 Å². The molecule has 2 saturated heterocycles. The summed E-state index contributed by atoms with van der Waals surface area (Å²) in [6, 6.07) is 24.6. The molecule has 0 aliphatic carbocycles. The third-order valence-corrected chi connectivity index (χ3v) is 7.58. The highest BCUT2D eigenvalue weighted by atomic mass is 16.4. The number of para-hydroxylation sites is 1. The first-order valence-electron chi connectivity index (χ1n) is 12.2. The Kier molecular flexibility index (Phi) is 5.50. The lowest BCUT2D eigenvalue weighted by Gasteiger charge is -2.29. The SMILES string of the molecule is O=C1NC(=O)C2C1C(c1ccc(/C=C/c3ccccc3)cc1)NC2(Cc1c[nH]c2ccccc12)C(=O)O. The highest BCUT2D eigenvalue weighted by molar-refractivity contribution is 6.09. The standard InChI is InChI=1S/C30H25N3O4/c34-27-24-25(28(35)32-27)30(29(36)37,16-21-17-31-23-9-5-4-8-22(21)23)33-26(24)20-14-12-19(13-15-20)11-10-18-6-2-1-3-7-18/h1-15,17,24-26,31,33H,16H2,(H,36,37)(H,32,34,35)/b11-10+. The number of carboxylic acids is 1. The normalized spacial score (nSPS) is 25.0. The van der Waals surface area contributed by atoms with Crippen LogP contribution in [0.2, 0.25) is 0 Å². The fraction of sp³-hybridized carbons (Fsp3) is 0.167. The number of aromatic nitrogens is 1. The topological polar surface area (TPSA) is 111 Å². The van der Waals surface area contributed by atoms with Crippen LogP contribution in [0.15, 0.2) is 85.1 Å². The van der Waals surface area contributed by atoms with Crippen molar-refractivity contribution in [1.82, 2.24) is 15.6 Å². The summed E-state index contributed by atoms with van der Waals surface area (Å²) in [5, 5.41) is 17.0. The molecule has 0 spiro atoms. The van der Waals surface area contributed by atoms with E-state index < -0.39 is 41.2 Å². The Morgan fingerprint density at radius 3 is 2.27 bits per heavy atom. The van der Waals surface area contributed by atoms with Crippen molar-refractivity contribution < 1.29 is 19.5 Å². The molecule has 0 saturated carbocycles. The van der Waals surface area contributed by atoms with Gasteiger partial charge in [0.15, 0.2) is 0 Å². The Hall–Kier alpha value is -4.49. The van der Waals surface area contributed by atoms with Gasteiger partial charge in [-0.3, -0.25) is 25.0 Å². The van der Waals surface area contributed by atoms with Crippen molar-refractivity contribution in [2.75, 3.05) is 0 Å². The summed E-state index contributed by atoms with van der Waals surface area (Å²) < 4.78 is 0. The van der Waals surface area contributed by atoms with Crippen LogP contribution >= 0.6 is 0 Å². The lowest BCUT2D eigenvalue weighted by molar-refractivity contribution is -0.149. The van der Waals surface area contributed by atoms with Crippen LogP contribution < -0.4 is 10.6 Å². The molecular formula is C30H25N3O4. The Labute approximate surface area is 213 Å². The third kappa shape index (κ3) is 3.84. The number of hydrogen-bond donors (Lipinski definition) is 4. The van der Waals surface area contributed by atoms with Crippen LogP contribution in [0, 0.1) is 11.8 Å². The first-order valence-corrected chi connectivity index (χ1v) is 12.2. The summed E-state index contributed by atoms with van der Waals surface area (Å²) in [6.45, 7) is 0. The lowest BCUT2D eigenvalue weighted by Crippen LogP contribution is -2.57. The number of nitrogens with one attached hydrogen (secondary N) is 3. The van der Waals surface area contributed by atoms with Crippen molar-refractivity contribution in [2.24, 2.45) is 11.8 Å². The number of imide groups is 1. The lowest BCUT2D eigenvalue weighted by atomic mass is 9.76. The summed E-state index contributed by atoms with van der Waals surface area (Å²) >= 11 is 0. The molecule has 7 heteroatoms. The molecule has 0 radical (unpaired) electrons. The highest BCUT2D eigenvalue weighted by Gasteiger charge is 2.66. The first-order chi connectivity index (χ1) is 18.0. The minimum Gasteiger partial charge on any atom is -0.480 e.